The number of aliphatic imine (C=N–C) groups is 1. The Morgan fingerprint density at radius 3 is 2.62 bits per heavy atom. The maximum atomic E-state index is 12.8. The number of thioether (sulfide) groups is 1. The lowest BCUT2D eigenvalue weighted by Crippen LogP contribution is -2.29. The molecule has 0 spiro atoms. The van der Waals surface area contributed by atoms with Gasteiger partial charge in [0.2, 0.25) is 0 Å². The van der Waals surface area contributed by atoms with Crippen molar-refractivity contribution >= 4 is 27.8 Å². The Hall–Kier alpha value is -2.39. The lowest BCUT2D eigenvalue weighted by Gasteiger charge is -2.21. The van der Waals surface area contributed by atoms with Gasteiger partial charge in [0, 0.05) is 25.0 Å². The summed E-state index contributed by atoms with van der Waals surface area (Å²) >= 11 is 1.54. The predicted octanol–water partition coefficient (Wildman–Crippen LogP) is 1.64. The van der Waals surface area contributed by atoms with Gasteiger partial charge in [-0.1, -0.05) is 36.1 Å². The van der Waals surface area contributed by atoms with Crippen LogP contribution in [-0.2, 0) is 6.54 Å². The van der Waals surface area contributed by atoms with Crippen LogP contribution in [0.4, 0.5) is 0 Å². The van der Waals surface area contributed by atoms with E-state index in [0.29, 0.717) is 40.2 Å². The summed E-state index contributed by atoms with van der Waals surface area (Å²) in [6.45, 7) is 0.734. The van der Waals surface area contributed by atoms with Crippen molar-refractivity contribution in [3.05, 3.63) is 64.1 Å². The molecule has 1 aromatic heterocycles. The molecule has 3 N–H and O–H groups in total. The maximum Gasteiger partial charge on any atom is 0.346 e. The Morgan fingerprint density at radius 1 is 1.14 bits per heavy atom. The van der Waals surface area contributed by atoms with E-state index in [1.165, 1.54) is 0 Å². The molecule has 29 heavy (non-hydrogen) atoms. The first kappa shape index (κ1) is 19.9. The second-order valence-corrected chi connectivity index (χ2v) is 8.10. The third kappa shape index (κ3) is 4.02. The quantitative estimate of drug-likeness (QED) is 0.592. The van der Waals surface area contributed by atoms with Crippen LogP contribution < -0.4 is 5.63 Å². The molecule has 152 valence electrons. The van der Waals surface area contributed by atoms with Crippen molar-refractivity contribution in [1.29, 1.82) is 0 Å². The number of benzene rings is 1. The first-order valence-corrected chi connectivity index (χ1v) is 10.3. The molecule has 2 atom stereocenters. The molecule has 2 unspecified atom stereocenters. The van der Waals surface area contributed by atoms with Crippen LogP contribution in [0.15, 0.2) is 56.7 Å². The minimum Gasteiger partial charge on any atom is -0.507 e. The number of fused-ring (bicyclic) bond motifs is 2. The van der Waals surface area contributed by atoms with Gasteiger partial charge in [-0.25, -0.2) is 4.79 Å². The van der Waals surface area contributed by atoms with Crippen LogP contribution in [0, 0.1) is 0 Å². The van der Waals surface area contributed by atoms with E-state index in [4.69, 9.17) is 4.42 Å². The highest BCUT2D eigenvalue weighted by Gasteiger charge is 2.30. The molecule has 0 radical (unpaired) electrons. The summed E-state index contributed by atoms with van der Waals surface area (Å²) in [5.41, 5.74) is 0.671. The highest BCUT2D eigenvalue weighted by atomic mass is 32.2. The summed E-state index contributed by atoms with van der Waals surface area (Å²) < 4.78 is 5.63. The molecule has 0 saturated carbocycles. The smallest absolute Gasteiger partial charge is 0.346 e. The van der Waals surface area contributed by atoms with E-state index in [2.05, 4.69) is 11.1 Å². The lowest BCUT2D eigenvalue weighted by atomic mass is 10.1. The Kier molecular flexibility index (Phi) is 5.86. The van der Waals surface area contributed by atoms with Gasteiger partial charge in [0.05, 0.1) is 35.6 Å². The van der Waals surface area contributed by atoms with Crippen LogP contribution in [0.3, 0.4) is 0 Å². The molecule has 2 heterocycles. The predicted molar refractivity (Wildman–Crippen MR) is 114 cm³/mol. The minimum absolute atomic E-state index is 0.00292. The zero-order chi connectivity index (χ0) is 20.4. The second-order valence-electron chi connectivity index (χ2n) is 6.93. The monoisotopic (exact) mass is 414 g/mol. The van der Waals surface area contributed by atoms with Gasteiger partial charge in [-0.15, -0.1) is 0 Å². The number of phenolic OH excluding ortho intramolecular Hbond substituents is 1. The molecule has 1 aromatic carbocycles. The van der Waals surface area contributed by atoms with Gasteiger partial charge in [-0.2, -0.15) is 0 Å². The molecular formula is C21H22N2O5S. The van der Waals surface area contributed by atoms with Crippen molar-refractivity contribution in [2.75, 3.05) is 26.3 Å². The number of hydrogen-bond acceptors (Lipinski definition) is 8. The van der Waals surface area contributed by atoms with E-state index in [1.807, 2.05) is 18.2 Å². The highest BCUT2D eigenvalue weighted by molar-refractivity contribution is 8.15. The standard InChI is InChI=1S/C21H22N2O5S/c24-9-7-23(8-10-25)12-15-17(26)6-5-13-11-14(21(27)28-19(13)15)20-22-16-3-1-2-4-18(16)29-20/h1-6,11,16,18,24-26H,7-10,12H2. The molecule has 8 heteroatoms. The molecule has 7 nitrogen and oxygen atoms in total. The van der Waals surface area contributed by atoms with Gasteiger partial charge in [0.1, 0.15) is 16.4 Å². The van der Waals surface area contributed by atoms with Gasteiger partial charge in [0.15, 0.2) is 0 Å². The van der Waals surface area contributed by atoms with Gasteiger partial charge in [0.25, 0.3) is 0 Å². The van der Waals surface area contributed by atoms with E-state index in [1.54, 1.807) is 34.9 Å². The molecule has 0 bridgehead atoms. The second kappa shape index (κ2) is 8.54. The Bertz CT molecular complexity index is 1050. The van der Waals surface area contributed by atoms with E-state index < -0.39 is 5.63 Å². The average Bonchev–Trinajstić information content (AvgIpc) is 3.14. The SMILES string of the molecule is O=c1oc2c(CN(CCO)CCO)c(O)ccc2cc1C1=NC2C=CC=CC2S1. The fraction of sp³-hybridized carbons (Fsp3) is 0.333. The topological polar surface area (TPSA) is 107 Å². The minimum atomic E-state index is -0.502. The summed E-state index contributed by atoms with van der Waals surface area (Å²) in [6.07, 6.45) is 8.02. The van der Waals surface area contributed by atoms with Gasteiger partial charge >= 0.3 is 5.63 Å². The number of aromatic hydroxyl groups is 1. The molecule has 0 amide bonds. The van der Waals surface area contributed by atoms with Crippen molar-refractivity contribution in [1.82, 2.24) is 4.90 Å². The summed E-state index contributed by atoms with van der Waals surface area (Å²) in [5, 5.41) is 30.3. The lowest BCUT2D eigenvalue weighted by molar-refractivity contribution is 0.155. The number of phenols is 1. The van der Waals surface area contributed by atoms with Crippen LogP contribution in [0.2, 0.25) is 0 Å². The van der Waals surface area contributed by atoms with E-state index in [0.717, 1.165) is 0 Å². The molecule has 2 aliphatic rings. The third-order valence-electron chi connectivity index (χ3n) is 5.00. The Morgan fingerprint density at radius 2 is 1.90 bits per heavy atom. The van der Waals surface area contributed by atoms with Crippen LogP contribution in [0.5, 0.6) is 5.75 Å². The molecular weight excluding hydrogens is 392 g/mol. The van der Waals surface area contributed by atoms with Crippen molar-refractivity contribution < 1.29 is 19.7 Å². The van der Waals surface area contributed by atoms with Crippen molar-refractivity contribution in [3.63, 3.8) is 0 Å². The normalized spacial score (nSPS) is 20.4. The number of hydrogen-bond donors (Lipinski definition) is 3. The zero-order valence-electron chi connectivity index (χ0n) is 15.7. The van der Waals surface area contributed by atoms with E-state index in [-0.39, 0.29) is 36.8 Å². The molecule has 2 aromatic rings. The van der Waals surface area contributed by atoms with Crippen molar-refractivity contribution in [2.45, 2.75) is 17.8 Å². The van der Waals surface area contributed by atoms with Crippen LogP contribution in [0.25, 0.3) is 11.0 Å². The highest BCUT2D eigenvalue weighted by Crippen LogP contribution is 2.34. The van der Waals surface area contributed by atoms with Crippen molar-refractivity contribution in [3.8, 4) is 5.75 Å². The number of nitrogens with zero attached hydrogens (tertiary/aromatic N) is 2. The Balaban J connectivity index is 1.72. The number of aliphatic hydroxyl groups excluding tert-OH is 2. The Labute approximate surface area is 171 Å². The molecule has 0 saturated heterocycles. The summed E-state index contributed by atoms with van der Waals surface area (Å²) in [5.74, 6) is 0.00292. The zero-order valence-corrected chi connectivity index (χ0v) is 16.5. The van der Waals surface area contributed by atoms with Crippen LogP contribution in [0.1, 0.15) is 11.1 Å². The van der Waals surface area contributed by atoms with E-state index in [9.17, 15) is 20.1 Å². The van der Waals surface area contributed by atoms with Crippen LogP contribution >= 0.6 is 11.8 Å². The largest absolute Gasteiger partial charge is 0.507 e. The van der Waals surface area contributed by atoms with E-state index >= 15 is 0 Å². The molecule has 1 aliphatic heterocycles. The molecule has 1 aliphatic carbocycles. The average molecular weight is 414 g/mol. The molecule has 4 rings (SSSR count). The molecule has 0 fully saturated rings. The van der Waals surface area contributed by atoms with Gasteiger partial charge in [-0.05, 0) is 18.2 Å². The number of rotatable bonds is 7. The maximum absolute atomic E-state index is 12.8. The summed E-state index contributed by atoms with van der Waals surface area (Å²) in [4.78, 5) is 19.2. The summed E-state index contributed by atoms with van der Waals surface area (Å²) in [6, 6.07) is 5.04. The fourth-order valence-corrected chi connectivity index (χ4v) is 4.71. The number of aliphatic hydroxyl groups is 2. The number of allylic oxidation sites excluding steroid dienone is 2. The summed E-state index contributed by atoms with van der Waals surface area (Å²) in [7, 11) is 0. The van der Waals surface area contributed by atoms with Crippen LogP contribution in [-0.4, -0.2) is 62.9 Å². The first-order chi connectivity index (χ1) is 14.1. The van der Waals surface area contributed by atoms with Crippen molar-refractivity contribution in [2.24, 2.45) is 4.99 Å². The van der Waals surface area contributed by atoms with Gasteiger partial charge in [-0.3, -0.25) is 9.89 Å². The first-order valence-electron chi connectivity index (χ1n) is 9.43. The van der Waals surface area contributed by atoms with Gasteiger partial charge < -0.3 is 19.7 Å². The third-order valence-corrected chi connectivity index (χ3v) is 6.25. The fourth-order valence-electron chi connectivity index (χ4n) is 3.54.